The lowest BCUT2D eigenvalue weighted by atomic mass is 9.70. The monoisotopic (exact) mass is 267 g/mol. The van der Waals surface area contributed by atoms with Gasteiger partial charge in [0.25, 0.3) is 0 Å². The largest absolute Gasteiger partial charge is 0.376 e. The number of hydrogen-bond acceptors (Lipinski definition) is 3. The molecule has 0 bridgehead atoms. The molecule has 1 N–H and O–H groups in total. The van der Waals surface area contributed by atoms with Crippen LogP contribution in [0.4, 0.5) is 0 Å². The molecule has 2 atom stereocenters. The van der Waals surface area contributed by atoms with E-state index in [2.05, 4.69) is 12.2 Å². The lowest BCUT2D eigenvalue weighted by Crippen LogP contribution is -2.45. The second-order valence-electron chi connectivity index (χ2n) is 6.33. The van der Waals surface area contributed by atoms with Crippen LogP contribution in [0.2, 0.25) is 0 Å². The van der Waals surface area contributed by atoms with Crippen LogP contribution in [-0.4, -0.2) is 17.1 Å². The van der Waals surface area contributed by atoms with Gasteiger partial charge in [0.15, 0.2) is 5.78 Å². The molecule has 4 rings (SSSR count). The van der Waals surface area contributed by atoms with Crippen molar-refractivity contribution in [2.24, 2.45) is 5.92 Å². The lowest BCUT2D eigenvalue weighted by Gasteiger charge is -2.37. The summed E-state index contributed by atoms with van der Waals surface area (Å²) in [7, 11) is 0. The fourth-order valence-corrected chi connectivity index (χ4v) is 4.08. The molecule has 2 unspecified atom stereocenters. The molecule has 3 nitrogen and oxygen atoms in total. The summed E-state index contributed by atoms with van der Waals surface area (Å²) in [6.45, 7) is 2.15. The third-order valence-corrected chi connectivity index (χ3v) is 5.12. The maximum atomic E-state index is 12.8. The number of ketones is 2. The first-order valence-corrected chi connectivity index (χ1v) is 7.32. The maximum absolute atomic E-state index is 12.8. The van der Waals surface area contributed by atoms with Gasteiger partial charge in [0, 0.05) is 28.2 Å². The Kier molecular flexibility index (Phi) is 2.27. The molecule has 3 aliphatic rings. The summed E-state index contributed by atoms with van der Waals surface area (Å²) in [6, 6.07) is 7.18. The standard InChI is InChI=1S/C17H17NO2/c1-17-9-5-4-8-12(17)13-14(18-17)16(20)11-7-3-2-6-10(11)15(13)19/h2-3,6-7,12,18H,4-5,8-9H2,1H3. The summed E-state index contributed by atoms with van der Waals surface area (Å²) >= 11 is 0. The van der Waals surface area contributed by atoms with Gasteiger partial charge in [-0.2, -0.15) is 0 Å². The third-order valence-electron chi connectivity index (χ3n) is 5.12. The number of hydrogen-bond donors (Lipinski definition) is 1. The van der Waals surface area contributed by atoms with Gasteiger partial charge in [-0.25, -0.2) is 0 Å². The Balaban J connectivity index is 1.89. The highest BCUT2D eigenvalue weighted by atomic mass is 16.1. The first-order valence-electron chi connectivity index (χ1n) is 7.32. The molecular formula is C17H17NO2. The van der Waals surface area contributed by atoms with Gasteiger partial charge in [0.2, 0.25) is 5.78 Å². The van der Waals surface area contributed by atoms with Crippen molar-refractivity contribution in [1.29, 1.82) is 0 Å². The van der Waals surface area contributed by atoms with Crippen molar-refractivity contribution in [3.63, 3.8) is 0 Å². The van der Waals surface area contributed by atoms with E-state index in [-0.39, 0.29) is 23.0 Å². The van der Waals surface area contributed by atoms with E-state index < -0.39 is 0 Å². The Bertz CT molecular complexity index is 673. The number of fused-ring (bicyclic) bond motifs is 3. The Labute approximate surface area is 118 Å². The van der Waals surface area contributed by atoms with Crippen molar-refractivity contribution in [1.82, 2.24) is 5.32 Å². The number of rotatable bonds is 0. The van der Waals surface area contributed by atoms with Crippen LogP contribution in [-0.2, 0) is 0 Å². The van der Waals surface area contributed by atoms with E-state index in [1.807, 2.05) is 12.1 Å². The van der Waals surface area contributed by atoms with Crippen LogP contribution in [0.3, 0.4) is 0 Å². The van der Waals surface area contributed by atoms with E-state index in [4.69, 9.17) is 0 Å². The molecule has 2 aliphatic carbocycles. The second-order valence-corrected chi connectivity index (χ2v) is 6.33. The molecule has 0 radical (unpaired) electrons. The molecule has 1 aromatic rings. The molecule has 0 spiro atoms. The third kappa shape index (κ3) is 1.35. The van der Waals surface area contributed by atoms with Gasteiger partial charge >= 0.3 is 0 Å². The highest BCUT2D eigenvalue weighted by Crippen LogP contribution is 2.47. The van der Waals surface area contributed by atoms with Crippen LogP contribution < -0.4 is 5.32 Å². The van der Waals surface area contributed by atoms with Crippen LogP contribution in [0.15, 0.2) is 35.5 Å². The lowest BCUT2D eigenvalue weighted by molar-refractivity contribution is 0.0967. The van der Waals surface area contributed by atoms with Crippen LogP contribution >= 0.6 is 0 Å². The number of carbonyl (C=O) groups is 2. The van der Waals surface area contributed by atoms with Crippen molar-refractivity contribution in [3.8, 4) is 0 Å². The smallest absolute Gasteiger partial charge is 0.210 e. The number of benzene rings is 1. The van der Waals surface area contributed by atoms with E-state index in [1.54, 1.807) is 12.1 Å². The molecule has 20 heavy (non-hydrogen) atoms. The molecule has 0 saturated heterocycles. The van der Waals surface area contributed by atoms with Crippen molar-refractivity contribution >= 4 is 11.6 Å². The highest BCUT2D eigenvalue weighted by molar-refractivity contribution is 6.27. The van der Waals surface area contributed by atoms with Gasteiger partial charge < -0.3 is 5.32 Å². The minimum atomic E-state index is -0.115. The zero-order chi connectivity index (χ0) is 13.9. The number of nitrogens with one attached hydrogen (secondary N) is 1. The molecule has 3 heteroatoms. The summed E-state index contributed by atoms with van der Waals surface area (Å²) < 4.78 is 0. The van der Waals surface area contributed by atoms with E-state index >= 15 is 0 Å². The van der Waals surface area contributed by atoms with Gasteiger partial charge in [-0.3, -0.25) is 9.59 Å². The van der Waals surface area contributed by atoms with Crippen molar-refractivity contribution < 1.29 is 9.59 Å². The predicted molar refractivity (Wildman–Crippen MR) is 75.6 cm³/mol. The first kappa shape index (κ1) is 11.9. The quantitative estimate of drug-likeness (QED) is 0.786. The minimum absolute atomic E-state index is 0.00850. The summed E-state index contributed by atoms with van der Waals surface area (Å²) in [5.41, 5.74) is 2.33. The summed E-state index contributed by atoms with van der Waals surface area (Å²) in [6.07, 6.45) is 4.34. The van der Waals surface area contributed by atoms with E-state index in [0.29, 0.717) is 16.8 Å². The molecule has 0 aromatic heterocycles. The topological polar surface area (TPSA) is 46.2 Å². The maximum Gasteiger partial charge on any atom is 0.210 e. The SMILES string of the molecule is CC12CCCCC1C1=C(N2)C(=O)c2ccccc2C1=O. The molecule has 1 saturated carbocycles. The van der Waals surface area contributed by atoms with Crippen molar-refractivity contribution in [3.05, 3.63) is 46.7 Å². The predicted octanol–water partition coefficient (Wildman–Crippen LogP) is 2.87. The molecule has 1 heterocycles. The second kappa shape index (κ2) is 3.81. The van der Waals surface area contributed by atoms with Crippen LogP contribution in [0, 0.1) is 5.92 Å². The molecule has 1 aromatic carbocycles. The molecule has 1 fully saturated rings. The van der Waals surface area contributed by atoms with E-state index in [1.165, 1.54) is 0 Å². The fourth-order valence-electron chi connectivity index (χ4n) is 4.08. The normalized spacial score (nSPS) is 31.6. The molecule has 102 valence electrons. The molecule has 0 amide bonds. The average molecular weight is 267 g/mol. The Morgan fingerprint density at radius 3 is 2.55 bits per heavy atom. The fraction of sp³-hybridized carbons (Fsp3) is 0.412. The van der Waals surface area contributed by atoms with Gasteiger partial charge in [-0.15, -0.1) is 0 Å². The van der Waals surface area contributed by atoms with Crippen LogP contribution in [0.1, 0.15) is 53.3 Å². The zero-order valence-electron chi connectivity index (χ0n) is 11.5. The van der Waals surface area contributed by atoms with Crippen LogP contribution in [0.5, 0.6) is 0 Å². The zero-order valence-corrected chi connectivity index (χ0v) is 11.5. The van der Waals surface area contributed by atoms with Crippen molar-refractivity contribution in [2.75, 3.05) is 0 Å². The van der Waals surface area contributed by atoms with E-state index in [0.717, 1.165) is 31.3 Å². The van der Waals surface area contributed by atoms with E-state index in [9.17, 15) is 9.59 Å². The Morgan fingerprint density at radius 1 is 1.10 bits per heavy atom. The van der Waals surface area contributed by atoms with Gasteiger partial charge in [0.05, 0.1) is 5.70 Å². The van der Waals surface area contributed by atoms with Gasteiger partial charge in [-0.1, -0.05) is 37.1 Å². The van der Waals surface area contributed by atoms with Crippen molar-refractivity contribution in [2.45, 2.75) is 38.1 Å². The first-order chi connectivity index (χ1) is 9.62. The van der Waals surface area contributed by atoms with Crippen LogP contribution in [0.25, 0.3) is 0 Å². The summed E-state index contributed by atoms with van der Waals surface area (Å²) in [4.78, 5) is 25.4. The summed E-state index contributed by atoms with van der Waals surface area (Å²) in [5, 5.41) is 3.40. The van der Waals surface area contributed by atoms with Gasteiger partial charge in [-0.05, 0) is 19.8 Å². The Hall–Kier alpha value is -1.90. The number of allylic oxidation sites excluding steroid dienone is 1. The minimum Gasteiger partial charge on any atom is -0.376 e. The van der Waals surface area contributed by atoms with Gasteiger partial charge in [0.1, 0.15) is 0 Å². The highest BCUT2D eigenvalue weighted by Gasteiger charge is 2.51. The average Bonchev–Trinajstić information content (AvgIpc) is 2.78. The molecule has 1 aliphatic heterocycles. The number of Topliss-reactive ketones (excluding diaryl/α,β-unsaturated/α-hetero) is 2. The summed E-state index contributed by atoms with van der Waals surface area (Å²) in [5.74, 6) is 0.236. The number of carbonyl (C=O) groups excluding carboxylic acids is 2. The Morgan fingerprint density at radius 2 is 1.80 bits per heavy atom. The molecular weight excluding hydrogens is 250 g/mol.